The summed E-state index contributed by atoms with van der Waals surface area (Å²) in [5, 5.41) is 0. The second-order valence-electron chi connectivity index (χ2n) is 8.51. The molecule has 1 aliphatic heterocycles. The molecule has 0 saturated carbocycles. The van der Waals surface area contributed by atoms with Crippen LogP contribution in [0.15, 0.2) is 36.4 Å². The van der Waals surface area contributed by atoms with Gasteiger partial charge in [0.1, 0.15) is 12.4 Å². The topological polar surface area (TPSA) is 46.6 Å². The quantitative estimate of drug-likeness (QED) is 0.184. The van der Waals surface area contributed by atoms with Gasteiger partial charge in [-0.05, 0) is 44.4 Å². The average Bonchev–Trinajstić information content (AvgIpc) is 2.76. The van der Waals surface area contributed by atoms with E-state index >= 15 is 0 Å². The van der Waals surface area contributed by atoms with E-state index in [4.69, 9.17) is 4.74 Å². The predicted molar refractivity (Wildman–Crippen MR) is 121 cm³/mol. The third-order valence-electron chi connectivity index (χ3n) is 6.18. The molecule has 0 unspecified atom stereocenters. The van der Waals surface area contributed by atoms with E-state index in [0.29, 0.717) is 6.61 Å². The number of esters is 1. The van der Waals surface area contributed by atoms with Crippen molar-refractivity contribution in [2.45, 2.75) is 58.9 Å². The summed E-state index contributed by atoms with van der Waals surface area (Å²) in [6, 6.07) is 6.78. The van der Waals surface area contributed by atoms with Gasteiger partial charge in [-0.3, -0.25) is 9.59 Å². The maximum Gasteiger partial charge on any atom is 0.302 e. The molecule has 1 aliphatic rings. The molecular formula is C25H38BrFN2O3. The number of likely N-dealkylation sites (N-methyl/N-ethyl adjacent to an activating group) is 1. The van der Waals surface area contributed by atoms with E-state index in [1.807, 2.05) is 23.1 Å². The van der Waals surface area contributed by atoms with Gasteiger partial charge in [0.05, 0.1) is 39.3 Å². The van der Waals surface area contributed by atoms with Crippen molar-refractivity contribution in [2.75, 3.05) is 39.3 Å². The molecule has 7 heteroatoms. The van der Waals surface area contributed by atoms with Crippen LogP contribution < -0.4 is 17.0 Å². The number of allylic oxidation sites excluding steroid dienone is 1. The highest BCUT2D eigenvalue weighted by atomic mass is 79.9. The summed E-state index contributed by atoms with van der Waals surface area (Å²) in [6.07, 6.45) is 9.96. The van der Waals surface area contributed by atoms with Crippen LogP contribution in [0.1, 0.15) is 57.9 Å². The minimum absolute atomic E-state index is 0. The fraction of sp³-hybridized carbons (Fsp3) is 0.600. The molecule has 1 aromatic rings. The highest BCUT2D eigenvalue weighted by Gasteiger charge is 2.32. The minimum Gasteiger partial charge on any atom is -1.00 e. The summed E-state index contributed by atoms with van der Waals surface area (Å²) < 4.78 is 19.0. The average molecular weight is 513 g/mol. The van der Waals surface area contributed by atoms with Crippen LogP contribution >= 0.6 is 0 Å². The zero-order chi connectivity index (χ0) is 22.5. The minimum atomic E-state index is -0.212. The summed E-state index contributed by atoms with van der Waals surface area (Å²) in [5.41, 5.74) is 1.15. The molecule has 1 amide bonds. The molecule has 180 valence electrons. The zero-order valence-corrected chi connectivity index (χ0v) is 21.1. The molecule has 1 fully saturated rings. The normalized spacial score (nSPS) is 15.4. The first kappa shape index (κ1) is 28.3. The van der Waals surface area contributed by atoms with E-state index in [1.54, 1.807) is 6.08 Å². The van der Waals surface area contributed by atoms with Crippen LogP contribution in [-0.4, -0.2) is 60.6 Å². The lowest BCUT2D eigenvalue weighted by atomic mass is 10.1. The van der Waals surface area contributed by atoms with Gasteiger partial charge >= 0.3 is 5.97 Å². The number of nitrogens with zero attached hydrogens (tertiary/aromatic N) is 2. The molecule has 2 rings (SSSR count). The summed E-state index contributed by atoms with van der Waals surface area (Å²) in [5.74, 6) is -0.305. The number of ether oxygens (including phenoxy) is 1. The number of unbranched alkanes of at least 4 members (excludes halogenated alkanes) is 5. The molecule has 0 bridgehead atoms. The lowest BCUT2D eigenvalue weighted by Gasteiger charge is -2.44. The Kier molecular flexibility index (Phi) is 13.4. The van der Waals surface area contributed by atoms with Crippen LogP contribution in [0.4, 0.5) is 4.39 Å². The van der Waals surface area contributed by atoms with Crippen molar-refractivity contribution < 1.29 is 40.2 Å². The third-order valence-corrected chi connectivity index (χ3v) is 6.18. The number of halogens is 2. The van der Waals surface area contributed by atoms with Crippen LogP contribution in [0.2, 0.25) is 0 Å². The van der Waals surface area contributed by atoms with Crippen molar-refractivity contribution in [3.8, 4) is 0 Å². The van der Waals surface area contributed by atoms with Crippen molar-refractivity contribution in [3.05, 3.63) is 47.8 Å². The number of piperazine rings is 1. The SMILES string of the molecule is CC[N+]1(Cc2ccc(F)cc2)CCN(C(=O)/C=C/CCCCCCCOC(C)=O)CC1.[Br-]. The number of hydrogen-bond acceptors (Lipinski definition) is 3. The Balaban J connectivity index is 0.00000512. The van der Waals surface area contributed by atoms with E-state index < -0.39 is 0 Å². The van der Waals surface area contributed by atoms with Gasteiger partial charge in [-0.15, -0.1) is 0 Å². The van der Waals surface area contributed by atoms with Gasteiger partial charge in [0, 0.05) is 12.5 Å². The highest BCUT2D eigenvalue weighted by molar-refractivity contribution is 5.87. The molecular weight excluding hydrogens is 475 g/mol. The summed E-state index contributed by atoms with van der Waals surface area (Å²) in [6.45, 7) is 9.43. The first-order valence-corrected chi connectivity index (χ1v) is 11.6. The number of quaternary nitrogens is 1. The molecule has 0 spiro atoms. The molecule has 5 nitrogen and oxygen atoms in total. The number of rotatable bonds is 12. The van der Waals surface area contributed by atoms with E-state index in [1.165, 1.54) is 19.1 Å². The van der Waals surface area contributed by atoms with E-state index in [-0.39, 0.29) is 34.7 Å². The fourth-order valence-corrected chi connectivity index (χ4v) is 4.07. The Morgan fingerprint density at radius 1 is 1.06 bits per heavy atom. The molecule has 0 aliphatic carbocycles. The largest absolute Gasteiger partial charge is 1.00 e. The van der Waals surface area contributed by atoms with E-state index in [0.717, 1.165) is 87.8 Å². The van der Waals surface area contributed by atoms with Gasteiger partial charge in [-0.2, -0.15) is 0 Å². The van der Waals surface area contributed by atoms with Gasteiger partial charge in [0.25, 0.3) is 0 Å². The number of carbonyl (C=O) groups excluding carboxylic acids is 2. The van der Waals surface area contributed by atoms with Crippen molar-refractivity contribution in [1.82, 2.24) is 4.90 Å². The van der Waals surface area contributed by atoms with E-state index in [9.17, 15) is 14.0 Å². The van der Waals surface area contributed by atoms with Crippen molar-refractivity contribution >= 4 is 11.9 Å². The molecule has 32 heavy (non-hydrogen) atoms. The second-order valence-corrected chi connectivity index (χ2v) is 8.51. The van der Waals surface area contributed by atoms with Crippen molar-refractivity contribution in [1.29, 1.82) is 0 Å². The third kappa shape index (κ3) is 10.3. The number of hydrogen-bond donors (Lipinski definition) is 0. The van der Waals surface area contributed by atoms with Gasteiger partial charge < -0.3 is 31.1 Å². The monoisotopic (exact) mass is 512 g/mol. The Bertz CT molecular complexity index is 716. The molecule has 0 atom stereocenters. The van der Waals surface area contributed by atoms with E-state index in [2.05, 4.69) is 6.92 Å². The van der Waals surface area contributed by atoms with Gasteiger partial charge in [-0.25, -0.2) is 4.39 Å². The first-order chi connectivity index (χ1) is 14.9. The van der Waals surface area contributed by atoms with Gasteiger partial charge in [0.15, 0.2) is 0 Å². The number of carbonyl (C=O) groups is 2. The smallest absolute Gasteiger partial charge is 0.302 e. The molecule has 0 radical (unpaired) electrons. The summed E-state index contributed by atoms with van der Waals surface area (Å²) in [4.78, 5) is 25.1. The fourth-order valence-electron chi connectivity index (χ4n) is 4.07. The maximum absolute atomic E-state index is 13.2. The Morgan fingerprint density at radius 3 is 2.31 bits per heavy atom. The molecule has 0 N–H and O–H groups in total. The molecule has 1 aromatic carbocycles. The number of amides is 1. The summed E-state index contributed by atoms with van der Waals surface area (Å²) >= 11 is 0. The van der Waals surface area contributed by atoms with Crippen LogP contribution in [0, 0.1) is 5.82 Å². The Labute approximate surface area is 203 Å². The van der Waals surface area contributed by atoms with Crippen molar-refractivity contribution in [3.63, 3.8) is 0 Å². The van der Waals surface area contributed by atoms with Crippen LogP contribution in [0.3, 0.4) is 0 Å². The van der Waals surface area contributed by atoms with Crippen molar-refractivity contribution in [2.24, 2.45) is 0 Å². The predicted octanol–water partition coefficient (Wildman–Crippen LogP) is 1.47. The van der Waals surface area contributed by atoms with Gasteiger partial charge in [-0.1, -0.05) is 37.5 Å². The maximum atomic E-state index is 13.2. The molecule has 0 aromatic heterocycles. The van der Waals surface area contributed by atoms with Crippen LogP contribution in [-0.2, 0) is 20.9 Å². The zero-order valence-electron chi connectivity index (χ0n) is 19.5. The molecule has 1 saturated heterocycles. The lowest BCUT2D eigenvalue weighted by Crippen LogP contribution is -3.00. The van der Waals surface area contributed by atoms with Gasteiger partial charge in [0.2, 0.25) is 5.91 Å². The first-order valence-electron chi connectivity index (χ1n) is 11.6. The Hall–Kier alpha value is -1.73. The Morgan fingerprint density at radius 2 is 1.69 bits per heavy atom. The standard InChI is InChI=1S/C25H38FN2O3.BrH/c1-3-28(21-23-12-14-24(26)15-13-23)18-16-27(17-19-28)25(30)11-9-7-5-4-6-8-10-20-31-22(2)29;/h9,11-15H,3-8,10,16-21H2,1-2H3;1H/q+1;/p-1/b11-9+;. The second kappa shape index (κ2) is 15.2. The lowest BCUT2D eigenvalue weighted by molar-refractivity contribution is -0.942. The van der Waals surface area contributed by atoms with Crippen LogP contribution in [0.5, 0.6) is 0 Å². The highest BCUT2D eigenvalue weighted by Crippen LogP contribution is 2.19. The van der Waals surface area contributed by atoms with Crippen LogP contribution in [0.25, 0.3) is 0 Å². The summed E-state index contributed by atoms with van der Waals surface area (Å²) in [7, 11) is 0. The molecule has 1 heterocycles. The number of benzene rings is 1.